The first kappa shape index (κ1) is 28.0. The summed E-state index contributed by atoms with van der Waals surface area (Å²) in [6.45, 7) is 8.00. The zero-order valence-electron chi connectivity index (χ0n) is 22.2. The van der Waals surface area contributed by atoms with Crippen LogP contribution in [0, 0.1) is 5.92 Å². The Kier molecular flexibility index (Phi) is 9.52. The highest BCUT2D eigenvalue weighted by molar-refractivity contribution is 6.00. The number of rotatable bonds is 8. The van der Waals surface area contributed by atoms with Crippen LogP contribution in [0.1, 0.15) is 43.6 Å². The highest BCUT2D eigenvalue weighted by Gasteiger charge is 2.34. The Morgan fingerprint density at radius 1 is 1.16 bits per heavy atom. The summed E-state index contributed by atoms with van der Waals surface area (Å²) in [5.41, 5.74) is 1.66. The number of hydrogen-bond donors (Lipinski definition) is 3. The van der Waals surface area contributed by atoms with Crippen LogP contribution in [0.5, 0.6) is 5.75 Å². The van der Waals surface area contributed by atoms with E-state index < -0.39 is 12.1 Å². The smallest absolute Gasteiger partial charge is 0.317 e. The standard InChI is InChI=1S/C28H38N4O5/c1-18(2)29-28(36)31(5)16-25-19(3)15-32(20(4)17-33)27(35)23-14-22(11-12-24(23)37-25)30-26(34)13-21-9-7-6-8-10-21/h6-12,14,18-20,25,33H,13,15-17H2,1-5H3,(H,29,36)(H,30,34)/t19-,20-,25-/m0/s1. The van der Waals surface area contributed by atoms with Crippen LogP contribution >= 0.6 is 0 Å². The van der Waals surface area contributed by atoms with Crippen LogP contribution in [-0.2, 0) is 11.2 Å². The summed E-state index contributed by atoms with van der Waals surface area (Å²) in [6.07, 6.45) is -0.192. The van der Waals surface area contributed by atoms with Crippen LogP contribution in [0.2, 0.25) is 0 Å². The molecule has 0 aliphatic carbocycles. The van der Waals surface area contributed by atoms with E-state index in [0.717, 1.165) is 5.56 Å². The minimum atomic E-state index is -0.417. The van der Waals surface area contributed by atoms with Gasteiger partial charge in [0.1, 0.15) is 11.9 Å². The zero-order chi connectivity index (χ0) is 27.1. The Morgan fingerprint density at radius 2 is 1.86 bits per heavy atom. The van der Waals surface area contributed by atoms with Crippen LogP contribution < -0.4 is 15.4 Å². The predicted octanol–water partition coefficient (Wildman–Crippen LogP) is 3.14. The Hall–Kier alpha value is -3.59. The largest absolute Gasteiger partial charge is 0.487 e. The number of aliphatic hydroxyl groups is 1. The lowest BCUT2D eigenvalue weighted by atomic mass is 9.99. The number of fused-ring (bicyclic) bond motifs is 1. The average molecular weight is 511 g/mol. The minimum Gasteiger partial charge on any atom is -0.487 e. The number of aliphatic hydroxyl groups excluding tert-OH is 1. The third-order valence-electron chi connectivity index (χ3n) is 6.37. The van der Waals surface area contributed by atoms with Crippen molar-refractivity contribution in [2.45, 2.75) is 52.3 Å². The Morgan fingerprint density at radius 3 is 2.51 bits per heavy atom. The highest BCUT2D eigenvalue weighted by Crippen LogP contribution is 2.30. The maximum absolute atomic E-state index is 13.6. The molecule has 0 saturated carbocycles. The second-order valence-electron chi connectivity index (χ2n) is 10.0. The van der Waals surface area contributed by atoms with Gasteiger partial charge in [-0.2, -0.15) is 0 Å². The van der Waals surface area contributed by atoms with Gasteiger partial charge >= 0.3 is 6.03 Å². The fourth-order valence-corrected chi connectivity index (χ4v) is 4.21. The zero-order valence-corrected chi connectivity index (χ0v) is 22.2. The number of hydrogen-bond acceptors (Lipinski definition) is 5. The third-order valence-corrected chi connectivity index (χ3v) is 6.37. The second kappa shape index (κ2) is 12.6. The summed E-state index contributed by atoms with van der Waals surface area (Å²) < 4.78 is 6.32. The van der Waals surface area contributed by atoms with E-state index in [1.807, 2.05) is 51.1 Å². The van der Waals surface area contributed by atoms with Gasteiger partial charge in [0, 0.05) is 31.2 Å². The summed E-state index contributed by atoms with van der Waals surface area (Å²) >= 11 is 0. The van der Waals surface area contributed by atoms with Gasteiger partial charge in [-0.3, -0.25) is 9.59 Å². The lowest BCUT2D eigenvalue weighted by molar-refractivity contribution is -0.115. The van der Waals surface area contributed by atoms with E-state index in [1.165, 1.54) is 0 Å². The fraction of sp³-hybridized carbons (Fsp3) is 0.464. The van der Waals surface area contributed by atoms with Gasteiger partial charge in [0.25, 0.3) is 5.91 Å². The molecule has 9 heteroatoms. The molecule has 4 amide bonds. The quantitative estimate of drug-likeness (QED) is 0.505. The number of likely N-dealkylation sites (N-methyl/N-ethyl adjacent to an activating group) is 1. The number of carbonyl (C=O) groups is 3. The molecule has 37 heavy (non-hydrogen) atoms. The van der Waals surface area contributed by atoms with Crippen molar-refractivity contribution < 1.29 is 24.2 Å². The molecule has 3 rings (SSSR count). The van der Waals surface area contributed by atoms with Crippen molar-refractivity contribution in [2.24, 2.45) is 5.92 Å². The van der Waals surface area contributed by atoms with Gasteiger partial charge in [-0.15, -0.1) is 0 Å². The number of amides is 4. The molecule has 0 unspecified atom stereocenters. The molecule has 1 aliphatic heterocycles. The van der Waals surface area contributed by atoms with Crippen LogP contribution in [0.15, 0.2) is 48.5 Å². The van der Waals surface area contributed by atoms with Gasteiger partial charge in [0.2, 0.25) is 5.91 Å². The number of ether oxygens (including phenoxy) is 1. The third kappa shape index (κ3) is 7.45. The topological polar surface area (TPSA) is 111 Å². The number of carbonyl (C=O) groups excluding carboxylic acids is 3. The summed E-state index contributed by atoms with van der Waals surface area (Å²) in [5, 5.41) is 15.6. The van der Waals surface area contributed by atoms with Crippen molar-refractivity contribution in [3.63, 3.8) is 0 Å². The molecule has 2 aromatic carbocycles. The molecule has 3 N–H and O–H groups in total. The normalized spacial score (nSPS) is 18.2. The molecule has 3 atom stereocenters. The summed E-state index contributed by atoms with van der Waals surface area (Å²) in [4.78, 5) is 41.9. The van der Waals surface area contributed by atoms with E-state index in [-0.39, 0.29) is 42.8 Å². The average Bonchev–Trinajstić information content (AvgIpc) is 2.86. The van der Waals surface area contributed by atoms with Crippen molar-refractivity contribution >= 4 is 23.5 Å². The molecule has 9 nitrogen and oxygen atoms in total. The summed E-state index contributed by atoms with van der Waals surface area (Å²) in [6, 6.07) is 13.8. The molecule has 0 saturated heterocycles. The number of nitrogens with zero attached hydrogens (tertiary/aromatic N) is 2. The van der Waals surface area contributed by atoms with E-state index in [9.17, 15) is 19.5 Å². The van der Waals surface area contributed by atoms with Crippen molar-refractivity contribution in [3.05, 3.63) is 59.7 Å². The van der Waals surface area contributed by atoms with Gasteiger partial charge < -0.3 is 30.3 Å². The Balaban J connectivity index is 1.87. The first-order valence-corrected chi connectivity index (χ1v) is 12.7. The lowest BCUT2D eigenvalue weighted by Crippen LogP contribution is -2.51. The molecular weight excluding hydrogens is 472 g/mol. The van der Waals surface area contributed by atoms with Crippen molar-refractivity contribution in [1.29, 1.82) is 0 Å². The van der Waals surface area contributed by atoms with Crippen LogP contribution in [-0.4, -0.2) is 77.7 Å². The van der Waals surface area contributed by atoms with E-state index in [2.05, 4.69) is 10.6 Å². The van der Waals surface area contributed by atoms with Crippen molar-refractivity contribution in [3.8, 4) is 5.75 Å². The van der Waals surface area contributed by atoms with E-state index in [4.69, 9.17) is 4.74 Å². The molecular formula is C28H38N4O5. The van der Waals surface area contributed by atoms with Gasteiger partial charge in [0.15, 0.2) is 0 Å². The SMILES string of the molecule is CC(C)NC(=O)N(C)C[C@@H]1Oc2ccc(NC(=O)Cc3ccccc3)cc2C(=O)N([C@@H](C)CO)C[C@@H]1C. The van der Waals surface area contributed by atoms with Gasteiger partial charge in [-0.1, -0.05) is 37.3 Å². The highest BCUT2D eigenvalue weighted by atomic mass is 16.5. The maximum atomic E-state index is 13.6. The van der Waals surface area contributed by atoms with Gasteiger partial charge in [-0.25, -0.2) is 4.79 Å². The first-order chi connectivity index (χ1) is 17.6. The van der Waals surface area contributed by atoms with Crippen LogP contribution in [0.4, 0.5) is 10.5 Å². The molecule has 0 spiro atoms. The summed E-state index contributed by atoms with van der Waals surface area (Å²) in [7, 11) is 1.71. The van der Waals surface area contributed by atoms with Crippen molar-refractivity contribution in [2.75, 3.05) is 32.1 Å². The summed E-state index contributed by atoms with van der Waals surface area (Å²) in [5.74, 6) is -0.233. The predicted molar refractivity (Wildman–Crippen MR) is 143 cm³/mol. The number of anilines is 1. The molecule has 0 radical (unpaired) electrons. The van der Waals surface area contributed by atoms with E-state index in [0.29, 0.717) is 30.1 Å². The first-order valence-electron chi connectivity index (χ1n) is 12.7. The van der Waals surface area contributed by atoms with Crippen molar-refractivity contribution in [1.82, 2.24) is 15.1 Å². The van der Waals surface area contributed by atoms with Gasteiger partial charge in [0.05, 0.1) is 31.2 Å². The molecule has 0 bridgehead atoms. The second-order valence-corrected chi connectivity index (χ2v) is 10.0. The minimum absolute atomic E-state index is 0.000362. The van der Waals surface area contributed by atoms with Gasteiger partial charge in [-0.05, 0) is 44.5 Å². The molecule has 200 valence electrons. The molecule has 0 fully saturated rings. The lowest BCUT2D eigenvalue weighted by Gasteiger charge is -2.38. The van der Waals surface area contributed by atoms with Crippen LogP contribution in [0.25, 0.3) is 0 Å². The molecule has 1 aliphatic rings. The van der Waals surface area contributed by atoms with E-state index >= 15 is 0 Å². The monoisotopic (exact) mass is 510 g/mol. The molecule has 1 heterocycles. The number of benzene rings is 2. The maximum Gasteiger partial charge on any atom is 0.317 e. The Labute approximate surface area is 218 Å². The van der Waals surface area contributed by atoms with E-state index in [1.54, 1.807) is 42.0 Å². The fourth-order valence-electron chi connectivity index (χ4n) is 4.21. The number of nitrogens with one attached hydrogen (secondary N) is 2. The Bertz CT molecular complexity index is 1090. The van der Waals surface area contributed by atoms with Crippen LogP contribution in [0.3, 0.4) is 0 Å². The number of urea groups is 1. The molecule has 0 aromatic heterocycles. The molecule has 2 aromatic rings.